The van der Waals surface area contributed by atoms with E-state index in [9.17, 15) is 4.79 Å². The number of aryl methyl sites for hydroxylation is 1. The van der Waals surface area contributed by atoms with E-state index in [0.717, 1.165) is 25.0 Å². The third-order valence-corrected chi connectivity index (χ3v) is 4.10. The molecule has 0 aromatic heterocycles. The highest BCUT2D eigenvalue weighted by atomic mass is 16.5. The van der Waals surface area contributed by atoms with Crippen molar-refractivity contribution in [3.8, 4) is 5.75 Å². The monoisotopic (exact) mass is 325 g/mol. The van der Waals surface area contributed by atoms with Crippen LogP contribution < -0.4 is 10.1 Å². The number of carbonyl (C=O) groups is 1. The zero-order valence-electron chi connectivity index (χ0n) is 14.0. The summed E-state index contributed by atoms with van der Waals surface area (Å²) in [5.74, 6) is 0.604. The molecule has 3 rings (SSSR count). The summed E-state index contributed by atoms with van der Waals surface area (Å²) in [5, 5.41) is 2.93. The number of hydrogen-bond acceptors (Lipinski definition) is 3. The fourth-order valence-corrected chi connectivity index (χ4v) is 2.81. The van der Waals surface area contributed by atoms with Crippen molar-refractivity contribution in [2.75, 3.05) is 13.2 Å². The number of nitrogens with one attached hydrogen (secondary N) is 1. The normalized spacial score (nSPS) is 16.8. The molecule has 0 spiro atoms. The highest BCUT2D eigenvalue weighted by Crippen LogP contribution is 2.16. The van der Waals surface area contributed by atoms with Gasteiger partial charge in [-0.1, -0.05) is 35.9 Å². The predicted octanol–water partition coefficient (Wildman–Crippen LogP) is 3.48. The first-order valence-electron chi connectivity index (χ1n) is 8.39. The van der Waals surface area contributed by atoms with Gasteiger partial charge in [0.25, 0.3) is 5.91 Å². The Labute approximate surface area is 142 Å². The van der Waals surface area contributed by atoms with Crippen molar-refractivity contribution in [3.05, 3.63) is 65.2 Å². The van der Waals surface area contributed by atoms with Crippen LogP contribution in [0.3, 0.4) is 0 Å². The molecule has 126 valence electrons. The standard InChI is InChI=1S/C20H23NO3/c1-15-5-2-6-16(11-15)14-24-18-8-3-7-17(12-18)20(22)21-13-19-9-4-10-23-19/h2-3,5-8,11-12,19H,4,9-10,13-14H2,1H3,(H,21,22)/t19-/m1/s1. The molecular weight excluding hydrogens is 302 g/mol. The molecule has 1 heterocycles. The fourth-order valence-electron chi connectivity index (χ4n) is 2.81. The van der Waals surface area contributed by atoms with Crippen LogP contribution in [0.5, 0.6) is 5.75 Å². The highest BCUT2D eigenvalue weighted by Gasteiger charge is 2.16. The molecule has 1 amide bonds. The summed E-state index contributed by atoms with van der Waals surface area (Å²) < 4.78 is 11.3. The van der Waals surface area contributed by atoms with Gasteiger partial charge in [0.1, 0.15) is 12.4 Å². The Kier molecular flexibility index (Phi) is 5.49. The van der Waals surface area contributed by atoms with Gasteiger partial charge in [0, 0.05) is 18.7 Å². The van der Waals surface area contributed by atoms with E-state index in [1.807, 2.05) is 24.3 Å². The van der Waals surface area contributed by atoms with Gasteiger partial charge in [-0.05, 0) is 43.5 Å². The van der Waals surface area contributed by atoms with Crippen molar-refractivity contribution in [2.24, 2.45) is 0 Å². The summed E-state index contributed by atoms with van der Waals surface area (Å²) in [4.78, 5) is 12.3. The smallest absolute Gasteiger partial charge is 0.251 e. The molecule has 1 aliphatic heterocycles. The first-order valence-corrected chi connectivity index (χ1v) is 8.39. The molecule has 0 unspecified atom stereocenters. The molecule has 0 radical (unpaired) electrons. The number of hydrogen-bond donors (Lipinski definition) is 1. The molecule has 24 heavy (non-hydrogen) atoms. The minimum absolute atomic E-state index is 0.0912. The lowest BCUT2D eigenvalue weighted by atomic mass is 10.1. The van der Waals surface area contributed by atoms with E-state index in [-0.39, 0.29) is 12.0 Å². The Morgan fingerprint density at radius 1 is 1.25 bits per heavy atom. The van der Waals surface area contributed by atoms with Crippen LogP contribution in [0.25, 0.3) is 0 Å². The van der Waals surface area contributed by atoms with E-state index in [1.165, 1.54) is 5.56 Å². The van der Waals surface area contributed by atoms with E-state index >= 15 is 0 Å². The Hall–Kier alpha value is -2.33. The van der Waals surface area contributed by atoms with Crippen molar-refractivity contribution < 1.29 is 14.3 Å². The van der Waals surface area contributed by atoms with Crippen LogP contribution in [0.2, 0.25) is 0 Å². The summed E-state index contributed by atoms with van der Waals surface area (Å²) >= 11 is 0. The van der Waals surface area contributed by atoms with Crippen LogP contribution in [0.1, 0.15) is 34.3 Å². The highest BCUT2D eigenvalue weighted by molar-refractivity contribution is 5.94. The fraction of sp³-hybridized carbons (Fsp3) is 0.350. The first-order chi connectivity index (χ1) is 11.7. The van der Waals surface area contributed by atoms with Crippen LogP contribution in [0.15, 0.2) is 48.5 Å². The molecule has 1 fully saturated rings. The van der Waals surface area contributed by atoms with E-state index < -0.39 is 0 Å². The molecule has 1 aliphatic rings. The Balaban J connectivity index is 1.55. The number of ether oxygens (including phenoxy) is 2. The molecule has 1 N–H and O–H groups in total. The quantitative estimate of drug-likeness (QED) is 0.884. The summed E-state index contributed by atoms with van der Waals surface area (Å²) in [6, 6.07) is 15.5. The van der Waals surface area contributed by atoms with E-state index in [2.05, 4.69) is 24.4 Å². The van der Waals surface area contributed by atoms with E-state index in [0.29, 0.717) is 24.5 Å². The number of benzene rings is 2. The van der Waals surface area contributed by atoms with Crippen molar-refractivity contribution in [3.63, 3.8) is 0 Å². The number of rotatable bonds is 6. The van der Waals surface area contributed by atoms with Gasteiger partial charge >= 0.3 is 0 Å². The second kappa shape index (κ2) is 7.97. The predicted molar refractivity (Wildman–Crippen MR) is 93.3 cm³/mol. The number of amides is 1. The zero-order chi connectivity index (χ0) is 16.8. The molecule has 2 aromatic rings. The largest absolute Gasteiger partial charge is 0.489 e. The minimum Gasteiger partial charge on any atom is -0.489 e. The maximum Gasteiger partial charge on any atom is 0.251 e. The van der Waals surface area contributed by atoms with Gasteiger partial charge in [-0.2, -0.15) is 0 Å². The SMILES string of the molecule is Cc1cccc(COc2cccc(C(=O)NC[C@H]3CCCO3)c2)c1. The van der Waals surface area contributed by atoms with Gasteiger partial charge in [0.05, 0.1) is 6.10 Å². The van der Waals surface area contributed by atoms with Crippen LogP contribution in [-0.2, 0) is 11.3 Å². The van der Waals surface area contributed by atoms with Gasteiger partial charge < -0.3 is 14.8 Å². The molecular formula is C20H23NO3. The van der Waals surface area contributed by atoms with E-state index in [4.69, 9.17) is 9.47 Å². The molecule has 1 atom stereocenters. The summed E-state index contributed by atoms with van der Waals surface area (Å²) in [5.41, 5.74) is 2.93. The van der Waals surface area contributed by atoms with Gasteiger partial charge in [-0.3, -0.25) is 4.79 Å². The summed E-state index contributed by atoms with van der Waals surface area (Å²) in [7, 11) is 0. The van der Waals surface area contributed by atoms with Gasteiger partial charge in [-0.15, -0.1) is 0 Å². The average Bonchev–Trinajstić information content (AvgIpc) is 3.12. The maximum atomic E-state index is 12.3. The van der Waals surface area contributed by atoms with Gasteiger partial charge in [0.15, 0.2) is 0 Å². The maximum absolute atomic E-state index is 12.3. The minimum atomic E-state index is -0.0912. The molecule has 4 heteroatoms. The summed E-state index contributed by atoms with van der Waals surface area (Å²) in [6.45, 7) is 3.90. The Morgan fingerprint density at radius 3 is 2.92 bits per heavy atom. The molecule has 0 aliphatic carbocycles. The van der Waals surface area contributed by atoms with Crippen molar-refractivity contribution in [2.45, 2.75) is 32.5 Å². The lowest BCUT2D eigenvalue weighted by Crippen LogP contribution is -2.31. The van der Waals surface area contributed by atoms with E-state index in [1.54, 1.807) is 12.1 Å². The lowest BCUT2D eigenvalue weighted by molar-refractivity contribution is 0.0857. The third kappa shape index (κ3) is 4.59. The average molecular weight is 325 g/mol. The molecule has 0 bridgehead atoms. The van der Waals surface area contributed by atoms with Crippen molar-refractivity contribution in [1.29, 1.82) is 0 Å². The second-order valence-corrected chi connectivity index (χ2v) is 6.15. The Morgan fingerprint density at radius 2 is 2.12 bits per heavy atom. The van der Waals surface area contributed by atoms with Crippen molar-refractivity contribution >= 4 is 5.91 Å². The van der Waals surface area contributed by atoms with Crippen LogP contribution in [0.4, 0.5) is 0 Å². The zero-order valence-corrected chi connectivity index (χ0v) is 14.0. The van der Waals surface area contributed by atoms with Crippen LogP contribution >= 0.6 is 0 Å². The second-order valence-electron chi connectivity index (χ2n) is 6.15. The molecule has 2 aromatic carbocycles. The molecule has 4 nitrogen and oxygen atoms in total. The van der Waals surface area contributed by atoms with Crippen LogP contribution in [0, 0.1) is 6.92 Å². The molecule has 0 saturated carbocycles. The topological polar surface area (TPSA) is 47.6 Å². The lowest BCUT2D eigenvalue weighted by Gasteiger charge is -2.12. The van der Waals surface area contributed by atoms with Gasteiger partial charge in [-0.25, -0.2) is 0 Å². The first kappa shape index (κ1) is 16.5. The summed E-state index contributed by atoms with van der Waals surface area (Å²) in [6.07, 6.45) is 2.23. The number of carbonyl (C=O) groups excluding carboxylic acids is 1. The van der Waals surface area contributed by atoms with Gasteiger partial charge in [0.2, 0.25) is 0 Å². The van der Waals surface area contributed by atoms with Crippen LogP contribution in [-0.4, -0.2) is 25.2 Å². The third-order valence-electron chi connectivity index (χ3n) is 4.10. The Bertz CT molecular complexity index is 693. The molecule has 1 saturated heterocycles. The van der Waals surface area contributed by atoms with Crippen molar-refractivity contribution in [1.82, 2.24) is 5.32 Å².